The van der Waals surface area contributed by atoms with Gasteiger partial charge in [0.15, 0.2) is 17.1 Å². The zero-order valence-electron chi connectivity index (χ0n) is 19.6. The highest BCUT2D eigenvalue weighted by Crippen LogP contribution is 2.36. The van der Waals surface area contributed by atoms with Crippen LogP contribution in [0.3, 0.4) is 0 Å². The molecule has 0 aliphatic heterocycles. The molecule has 0 radical (unpaired) electrons. The van der Waals surface area contributed by atoms with Gasteiger partial charge in [-0.05, 0) is 46.7 Å². The number of carbonyl (C=O) groups excluding carboxylic acids is 2. The normalized spacial score (nSPS) is 13.3. The van der Waals surface area contributed by atoms with Crippen LogP contribution in [-0.2, 0) is 6.54 Å². The van der Waals surface area contributed by atoms with Crippen LogP contribution in [0.1, 0.15) is 33.3 Å². The summed E-state index contributed by atoms with van der Waals surface area (Å²) in [5.74, 6) is 0.348. The van der Waals surface area contributed by atoms with Gasteiger partial charge in [0.1, 0.15) is 5.76 Å². The van der Waals surface area contributed by atoms with Gasteiger partial charge in [0.25, 0.3) is 0 Å². The molecule has 1 aliphatic carbocycles. The Morgan fingerprint density at radius 2 is 1.36 bits per heavy atom. The van der Waals surface area contributed by atoms with Crippen molar-refractivity contribution in [1.82, 2.24) is 4.57 Å². The van der Waals surface area contributed by atoms with E-state index in [1.54, 1.807) is 6.08 Å². The van der Waals surface area contributed by atoms with Gasteiger partial charge in [0, 0.05) is 41.1 Å². The molecule has 4 heteroatoms. The standard InChI is InChI=1S/C32H21NO3/c1-2-33-22(16-27-31(34)25-14-20-9-3-4-10-21(20)15-26(25)32(27)35)17-30-28(33)18-29(36-30)24-13-7-11-19-8-5-6-12-23(19)24/h3-18H,2H2,1H3. The molecule has 0 saturated heterocycles. The van der Waals surface area contributed by atoms with Gasteiger partial charge in [0.2, 0.25) is 0 Å². The van der Waals surface area contributed by atoms with E-state index in [4.69, 9.17) is 4.42 Å². The second-order valence-electron chi connectivity index (χ2n) is 9.16. The number of benzene rings is 4. The van der Waals surface area contributed by atoms with E-state index in [1.165, 1.54) is 0 Å². The zero-order valence-corrected chi connectivity index (χ0v) is 19.6. The van der Waals surface area contributed by atoms with Crippen molar-refractivity contribution >= 4 is 50.3 Å². The number of allylic oxidation sites excluding steroid dienone is 1. The Morgan fingerprint density at radius 1 is 0.722 bits per heavy atom. The van der Waals surface area contributed by atoms with Gasteiger partial charge in [-0.1, -0.05) is 66.7 Å². The Kier molecular flexibility index (Phi) is 4.39. The highest BCUT2D eigenvalue weighted by molar-refractivity contribution is 6.42. The van der Waals surface area contributed by atoms with Gasteiger partial charge in [-0.2, -0.15) is 0 Å². The molecule has 6 aromatic rings. The number of rotatable bonds is 3. The first-order chi connectivity index (χ1) is 17.6. The average molecular weight is 468 g/mol. The topological polar surface area (TPSA) is 52.2 Å². The van der Waals surface area contributed by atoms with Gasteiger partial charge in [-0.25, -0.2) is 0 Å². The summed E-state index contributed by atoms with van der Waals surface area (Å²) in [5.41, 5.74) is 4.63. The molecule has 0 bridgehead atoms. The monoisotopic (exact) mass is 467 g/mol. The van der Waals surface area contributed by atoms with E-state index in [2.05, 4.69) is 28.8 Å². The number of fused-ring (bicyclic) bond motifs is 4. The molecular weight excluding hydrogens is 446 g/mol. The number of furan rings is 1. The molecule has 0 fully saturated rings. The average Bonchev–Trinajstić information content (AvgIpc) is 3.53. The highest BCUT2D eigenvalue weighted by atomic mass is 16.3. The predicted molar refractivity (Wildman–Crippen MR) is 143 cm³/mol. The fourth-order valence-corrected chi connectivity index (χ4v) is 5.39. The van der Waals surface area contributed by atoms with Crippen LogP contribution < -0.4 is 0 Å². The summed E-state index contributed by atoms with van der Waals surface area (Å²) in [5, 5.41) is 4.20. The van der Waals surface area contributed by atoms with Crippen LogP contribution in [0.4, 0.5) is 0 Å². The van der Waals surface area contributed by atoms with Crippen LogP contribution in [0.25, 0.3) is 50.0 Å². The smallest absolute Gasteiger partial charge is 0.197 e. The van der Waals surface area contributed by atoms with E-state index in [-0.39, 0.29) is 17.1 Å². The van der Waals surface area contributed by atoms with E-state index in [0.717, 1.165) is 49.7 Å². The highest BCUT2D eigenvalue weighted by Gasteiger charge is 2.33. The van der Waals surface area contributed by atoms with E-state index in [0.29, 0.717) is 17.7 Å². The lowest BCUT2D eigenvalue weighted by molar-refractivity contribution is 0.0990. The van der Waals surface area contributed by atoms with Gasteiger partial charge in [-0.3, -0.25) is 9.59 Å². The molecular formula is C32H21NO3. The van der Waals surface area contributed by atoms with Crippen LogP contribution in [0.15, 0.2) is 101 Å². The van der Waals surface area contributed by atoms with Crippen molar-refractivity contribution in [3.63, 3.8) is 0 Å². The molecule has 0 saturated carbocycles. The number of ketones is 2. The summed E-state index contributed by atoms with van der Waals surface area (Å²) in [6.07, 6.45) is 1.71. The molecule has 7 rings (SSSR count). The Morgan fingerprint density at radius 3 is 2.06 bits per heavy atom. The van der Waals surface area contributed by atoms with Crippen LogP contribution in [0, 0.1) is 0 Å². The predicted octanol–water partition coefficient (Wildman–Crippen LogP) is 7.69. The Labute approximate surface area is 207 Å². The summed E-state index contributed by atoms with van der Waals surface area (Å²) in [6.45, 7) is 2.72. The number of hydrogen-bond acceptors (Lipinski definition) is 3. The quantitative estimate of drug-likeness (QED) is 0.198. The lowest BCUT2D eigenvalue weighted by atomic mass is 10.0. The van der Waals surface area contributed by atoms with Crippen molar-refractivity contribution < 1.29 is 14.0 Å². The molecule has 36 heavy (non-hydrogen) atoms. The third kappa shape index (κ3) is 2.94. The van der Waals surface area contributed by atoms with Crippen molar-refractivity contribution in [3.05, 3.63) is 113 Å². The van der Waals surface area contributed by atoms with Gasteiger partial charge in [-0.15, -0.1) is 0 Å². The Balaban J connectivity index is 1.33. The van der Waals surface area contributed by atoms with Crippen molar-refractivity contribution in [2.75, 3.05) is 0 Å². The first kappa shape index (κ1) is 20.7. The van der Waals surface area contributed by atoms with Crippen LogP contribution in [0.5, 0.6) is 0 Å². The molecule has 4 nitrogen and oxygen atoms in total. The van der Waals surface area contributed by atoms with E-state index >= 15 is 0 Å². The fourth-order valence-electron chi connectivity index (χ4n) is 5.39. The van der Waals surface area contributed by atoms with Gasteiger partial charge < -0.3 is 8.98 Å². The lowest BCUT2D eigenvalue weighted by Gasteiger charge is -2.05. The number of hydrogen-bond donors (Lipinski definition) is 0. The summed E-state index contributed by atoms with van der Waals surface area (Å²) in [7, 11) is 0. The maximum atomic E-state index is 13.3. The van der Waals surface area contributed by atoms with E-state index in [1.807, 2.05) is 73.7 Å². The molecule has 0 atom stereocenters. The van der Waals surface area contributed by atoms with Gasteiger partial charge >= 0.3 is 0 Å². The molecule has 0 amide bonds. The number of nitrogens with zero attached hydrogens (tertiary/aromatic N) is 1. The second kappa shape index (κ2) is 7.65. The molecule has 2 aromatic heterocycles. The summed E-state index contributed by atoms with van der Waals surface area (Å²) in [4.78, 5) is 26.5. The lowest BCUT2D eigenvalue weighted by Crippen LogP contribution is -2.03. The largest absolute Gasteiger partial charge is 0.454 e. The minimum absolute atomic E-state index is 0.199. The number of aryl methyl sites for hydroxylation is 1. The van der Waals surface area contributed by atoms with Crippen LogP contribution in [-0.4, -0.2) is 16.1 Å². The summed E-state index contributed by atoms with van der Waals surface area (Å²) < 4.78 is 8.38. The molecule has 0 spiro atoms. The molecule has 172 valence electrons. The van der Waals surface area contributed by atoms with Crippen molar-refractivity contribution in [1.29, 1.82) is 0 Å². The van der Waals surface area contributed by atoms with Crippen molar-refractivity contribution in [2.45, 2.75) is 13.5 Å². The van der Waals surface area contributed by atoms with Crippen LogP contribution >= 0.6 is 0 Å². The minimum atomic E-state index is -0.224. The third-order valence-corrected chi connectivity index (χ3v) is 7.15. The van der Waals surface area contributed by atoms with Crippen LogP contribution in [0.2, 0.25) is 0 Å². The summed E-state index contributed by atoms with van der Waals surface area (Å²) >= 11 is 0. The number of Topliss-reactive ketones (excluding diaryl/α,β-unsaturated/α-hetero) is 2. The molecule has 4 aromatic carbocycles. The van der Waals surface area contributed by atoms with E-state index in [9.17, 15) is 9.59 Å². The number of aromatic nitrogens is 1. The number of carbonyl (C=O) groups is 2. The maximum absolute atomic E-state index is 13.3. The third-order valence-electron chi connectivity index (χ3n) is 7.15. The minimum Gasteiger partial charge on any atom is -0.454 e. The van der Waals surface area contributed by atoms with E-state index < -0.39 is 0 Å². The molecule has 2 heterocycles. The Hall–Kier alpha value is -4.70. The zero-order chi connectivity index (χ0) is 24.4. The summed E-state index contributed by atoms with van der Waals surface area (Å²) in [6, 6.07) is 29.8. The second-order valence-corrected chi connectivity index (χ2v) is 9.16. The first-order valence-electron chi connectivity index (χ1n) is 12.1. The molecule has 1 aliphatic rings. The maximum Gasteiger partial charge on any atom is 0.197 e. The Bertz CT molecular complexity index is 1850. The first-order valence-corrected chi connectivity index (χ1v) is 12.1. The SMILES string of the molecule is CCn1c(C=C2C(=O)c3cc4ccccc4cc3C2=O)cc2oc(-c3cccc4ccccc34)cc21. The molecule has 0 N–H and O–H groups in total. The fraction of sp³-hybridized carbons (Fsp3) is 0.0625. The van der Waals surface area contributed by atoms with Crippen molar-refractivity contribution in [3.8, 4) is 11.3 Å². The van der Waals surface area contributed by atoms with Gasteiger partial charge in [0.05, 0.1) is 11.1 Å². The molecule has 0 unspecified atom stereocenters. The van der Waals surface area contributed by atoms with Crippen molar-refractivity contribution in [2.24, 2.45) is 0 Å².